The second-order valence-electron chi connectivity index (χ2n) is 9.34. The van der Waals surface area contributed by atoms with Crippen LogP contribution in [0.2, 0.25) is 0 Å². The highest BCUT2D eigenvalue weighted by Crippen LogP contribution is 2.33. The Morgan fingerprint density at radius 3 is 2.67 bits per heavy atom. The highest BCUT2D eigenvalue weighted by Gasteiger charge is 2.33. The summed E-state index contributed by atoms with van der Waals surface area (Å²) in [6.45, 7) is 3.97. The molecule has 1 N–H and O–H groups in total. The number of hydrogen-bond donors (Lipinski definition) is 1. The molecular formula is C24H27F3N8O. The number of aromatic nitrogens is 5. The smallest absolute Gasteiger partial charge is 0.338 e. The zero-order valence-electron chi connectivity index (χ0n) is 20.0. The Balaban J connectivity index is 1.43. The number of amides is 1. The molecule has 0 spiro atoms. The van der Waals surface area contributed by atoms with Gasteiger partial charge in [0.05, 0.1) is 23.8 Å². The van der Waals surface area contributed by atoms with E-state index in [0.717, 1.165) is 49.8 Å². The lowest BCUT2D eigenvalue weighted by atomic mass is 10.0. The quantitative estimate of drug-likeness (QED) is 0.567. The summed E-state index contributed by atoms with van der Waals surface area (Å²) < 4.78 is 41.3. The highest BCUT2D eigenvalue weighted by molar-refractivity contribution is 5.92. The summed E-state index contributed by atoms with van der Waals surface area (Å²) in [5.41, 5.74) is 0.472. The summed E-state index contributed by atoms with van der Waals surface area (Å²) in [6.07, 6.45) is 2.54. The number of alkyl halides is 3. The second-order valence-corrected chi connectivity index (χ2v) is 9.34. The lowest BCUT2D eigenvalue weighted by Crippen LogP contribution is -2.30. The van der Waals surface area contributed by atoms with Crippen molar-refractivity contribution in [3.8, 4) is 0 Å². The Morgan fingerprint density at radius 2 is 1.97 bits per heavy atom. The van der Waals surface area contributed by atoms with Crippen molar-refractivity contribution in [3.63, 3.8) is 0 Å². The first-order chi connectivity index (χ1) is 17.2. The maximum absolute atomic E-state index is 13.2. The Morgan fingerprint density at radius 1 is 1.14 bits per heavy atom. The number of carbonyl (C=O) groups excluding carboxylic acids is 1. The molecule has 3 aromatic heterocycles. The summed E-state index contributed by atoms with van der Waals surface area (Å²) >= 11 is 0. The number of aryl methyl sites for hydroxylation is 1. The van der Waals surface area contributed by atoms with Gasteiger partial charge in [0.15, 0.2) is 0 Å². The zero-order chi connectivity index (χ0) is 25.4. The van der Waals surface area contributed by atoms with E-state index < -0.39 is 11.7 Å². The van der Waals surface area contributed by atoms with Crippen LogP contribution in [0.5, 0.6) is 0 Å². The van der Waals surface area contributed by atoms with Crippen molar-refractivity contribution in [1.29, 1.82) is 0 Å². The summed E-state index contributed by atoms with van der Waals surface area (Å²) in [5, 5.41) is 2.94. The Labute approximate surface area is 206 Å². The molecule has 2 saturated heterocycles. The van der Waals surface area contributed by atoms with Crippen LogP contribution in [0, 0.1) is 0 Å². The standard InChI is InChI=1S/C24H27F3N8O/c1-15-4-3-8-35(15)23-30-18(16-6-9-34(13-16)22(36)19-12-28-14-33(19)2)11-21(32-23)31-20-10-17(5-7-29-20)24(25,26)27/h5,7,10-12,14-16H,3-4,6,8-9,13H2,1-2H3,(H,29,30,31,32). The average molecular weight is 501 g/mol. The molecule has 5 heterocycles. The van der Waals surface area contributed by atoms with E-state index in [2.05, 4.69) is 32.1 Å². The number of nitrogens with zero attached hydrogens (tertiary/aromatic N) is 7. The van der Waals surface area contributed by atoms with Crippen LogP contribution in [0.25, 0.3) is 0 Å². The number of pyridine rings is 1. The number of anilines is 3. The molecule has 5 rings (SSSR count). The SMILES string of the molecule is CC1CCCN1c1nc(Nc2cc(C(F)(F)F)ccn2)cc(C2CCN(C(=O)c3cncn3C)C2)n1. The molecule has 2 unspecified atom stereocenters. The fraction of sp³-hybridized carbons (Fsp3) is 0.458. The lowest BCUT2D eigenvalue weighted by molar-refractivity contribution is -0.137. The molecule has 2 fully saturated rings. The van der Waals surface area contributed by atoms with Crippen molar-refractivity contribution in [2.45, 2.75) is 44.3 Å². The monoisotopic (exact) mass is 500 g/mol. The van der Waals surface area contributed by atoms with Gasteiger partial charge in [0.2, 0.25) is 5.95 Å². The molecular weight excluding hydrogens is 473 g/mol. The van der Waals surface area contributed by atoms with E-state index in [9.17, 15) is 18.0 Å². The van der Waals surface area contributed by atoms with Crippen LogP contribution in [-0.4, -0.2) is 61.0 Å². The number of likely N-dealkylation sites (tertiary alicyclic amines) is 1. The second kappa shape index (κ2) is 9.40. The highest BCUT2D eigenvalue weighted by atomic mass is 19.4. The van der Waals surface area contributed by atoms with Crippen LogP contribution in [0.1, 0.15) is 53.8 Å². The van der Waals surface area contributed by atoms with Gasteiger partial charge in [-0.3, -0.25) is 4.79 Å². The minimum absolute atomic E-state index is 0.0307. The largest absolute Gasteiger partial charge is 0.416 e. The number of carbonyl (C=O) groups is 1. The minimum atomic E-state index is -4.47. The van der Waals surface area contributed by atoms with Gasteiger partial charge in [-0.1, -0.05) is 0 Å². The van der Waals surface area contributed by atoms with E-state index in [4.69, 9.17) is 4.98 Å². The van der Waals surface area contributed by atoms with Gasteiger partial charge in [-0.05, 0) is 38.3 Å². The van der Waals surface area contributed by atoms with Gasteiger partial charge in [0, 0.05) is 50.9 Å². The summed E-state index contributed by atoms with van der Waals surface area (Å²) in [5.74, 6) is 0.832. The van der Waals surface area contributed by atoms with E-state index in [0.29, 0.717) is 30.5 Å². The number of halogens is 3. The molecule has 1 amide bonds. The predicted octanol–water partition coefficient (Wildman–Crippen LogP) is 3.99. The third-order valence-corrected chi connectivity index (χ3v) is 6.82. The van der Waals surface area contributed by atoms with E-state index in [1.807, 2.05) is 0 Å². The average Bonchev–Trinajstić information content (AvgIpc) is 3.59. The predicted molar refractivity (Wildman–Crippen MR) is 127 cm³/mol. The van der Waals surface area contributed by atoms with Crippen LogP contribution in [-0.2, 0) is 13.2 Å². The van der Waals surface area contributed by atoms with Gasteiger partial charge in [-0.25, -0.2) is 15.0 Å². The first-order valence-corrected chi connectivity index (χ1v) is 11.9. The molecule has 3 aromatic rings. The van der Waals surface area contributed by atoms with Crippen molar-refractivity contribution in [3.05, 3.63) is 53.9 Å². The third kappa shape index (κ3) is 4.84. The molecule has 2 aliphatic heterocycles. The van der Waals surface area contributed by atoms with E-state index in [1.54, 1.807) is 35.1 Å². The van der Waals surface area contributed by atoms with E-state index in [-0.39, 0.29) is 23.7 Å². The van der Waals surface area contributed by atoms with Crippen molar-refractivity contribution in [2.24, 2.45) is 7.05 Å². The molecule has 0 aliphatic carbocycles. The van der Waals surface area contributed by atoms with Crippen molar-refractivity contribution in [2.75, 3.05) is 29.9 Å². The lowest BCUT2D eigenvalue weighted by Gasteiger charge is -2.23. The van der Waals surface area contributed by atoms with E-state index in [1.165, 1.54) is 0 Å². The summed E-state index contributed by atoms with van der Waals surface area (Å²) in [6, 6.07) is 3.89. The number of nitrogens with one attached hydrogen (secondary N) is 1. The summed E-state index contributed by atoms with van der Waals surface area (Å²) in [7, 11) is 1.78. The molecule has 2 aliphatic rings. The number of imidazole rings is 1. The molecule has 0 bridgehead atoms. The van der Waals surface area contributed by atoms with Gasteiger partial charge in [-0.15, -0.1) is 0 Å². The topological polar surface area (TPSA) is 92.1 Å². The van der Waals surface area contributed by atoms with Gasteiger partial charge in [0.1, 0.15) is 17.3 Å². The van der Waals surface area contributed by atoms with Gasteiger partial charge in [-0.2, -0.15) is 18.2 Å². The molecule has 0 saturated carbocycles. The van der Waals surface area contributed by atoms with Gasteiger partial charge < -0.3 is 19.7 Å². The zero-order valence-corrected chi connectivity index (χ0v) is 20.0. The first kappa shape index (κ1) is 24.0. The molecule has 0 radical (unpaired) electrons. The Hall–Kier alpha value is -3.70. The first-order valence-electron chi connectivity index (χ1n) is 11.9. The molecule has 2 atom stereocenters. The Kier molecular flexibility index (Phi) is 6.27. The molecule has 190 valence electrons. The molecule has 0 aromatic carbocycles. The maximum atomic E-state index is 13.2. The van der Waals surface area contributed by atoms with Crippen LogP contribution in [0.3, 0.4) is 0 Å². The van der Waals surface area contributed by atoms with Crippen LogP contribution in [0.4, 0.5) is 30.8 Å². The van der Waals surface area contributed by atoms with Crippen LogP contribution < -0.4 is 10.2 Å². The van der Waals surface area contributed by atoms with Crippen molar-refractivity contribution in [1.82, 2.24) is 29.4 Å². The molecule has 36 heavy (non-hydrogen) atoms. The fourth-order valence-corrected chi connectivity index (χ4v) is 4.80. The van der Waals surface area contributed by atoms with Gasteiger partial charge >= 0.3 is 6.18 Å². The maximum Gasteiger partial charge on any atom is 0.416 e. The fourth-order valence-electron chi connectivity index (χ4n) is 4.80. The minimum Gasteiger partial charge on any atom is -0.338 e. The summed E-state index contributed by atoms with van der Waals surface area (Å²) in [4.78, 5) is 34.4. The van der Waals surface area contributed by atoms with Crippen molar-refractivity contribution < 1.29 is 18.0 Å². The normalized spacial score (nSPS) is 20.2. The van der Waals surface area contributed by atoms with Crippen LogP contribution in [0.15, 0.2) is 36.9 Å². The Bertz CT molecular complexity index is 1260. The third-order valence-electron chi connectivity index (χ3n) is 6.82. The van der Waals surface area contributed by atoms with Crippen molar-refractivity contribution >= 4 is 23.5 Å². The molecule has 9 nitrogen and oxygen atoms in total. The number of rotatable bonds is 5. The van der Waals surface area contributed by atoms with Gasteiger partial charge in [0.25, 0.3) is 5.91 Å². The molecule has 12 heteroatoms. The number of hydrogen-bond acceptors (Lipinski definition) is 7. The van der Waals surface area contributed by atoms with E-state index >= 15 is 0 Å². The van der Waals surface area contributed by atoms with Crippen LogP contribution >= 0.6 is 0 Å².